The third-order valence-corrected chi connectivity index (χ3v) is 4.46. The number of benzene rings is 2. The van der Waals surface area contributed by atoms with Gasteiger partial charge in [-0.25, -0.2) is 0 Å². The van der Waals surface area contributed by atoms with E-state index >= 15 is 0 Å². The molecule has 7 heteroatoms. The van der Waals surface area contributed by atoms with Crippen LogP contribution in [0.3, 0.4) is 0 Å². The van der Waals surface area contributed by atoms with Crippen molar-refractivity contribution in [3.63, 3.8) is 0 Å². The molecule has 0 atom stereocenters. The Morgan fingerprint density at radius 2 is 1.76 bits per heavy atom. The second-order valence-electron chi connectivity index (χ2n) is 7.10. The molecule has 0 aliphatic heterocycles. The summed E-state index contributed by atoms with van der Waals surface area (Å²) in [5.41, 5.74) is 3.40. The first-order valence-electron chi connectivity index (χ1n) is 9.44. The summed E-state index contributed by atoms with van der Waals surface area (Å²) in [4.78, 5) is 27.2. The van der Waals surface area contributed by atoms with Crippen LogP contribution in [0.15, 0.2) is 53.1 Å². The number of carbonyl (C=O) groups excluding carboxylic acids is 1. The lowest BCUT2D eigenvalue weighted by atomic mass is 10.0. The number of nitrogens with one attached hydrogen (secondary N) is 1. The lowest BCUT2D eigenvalue weighted by Crippen LogP contribution is -2.12. The molecule has 1 heterocycles. The lowest BCUT2D eigenvalue weighted by Gasteiger charge is -2.05. The summed E-state index contributed by atoms with van der Waals surface area (Å²) in [6, 6.07) is 14.7. The number of aryl methyl sites for hydroxylation is 1. The molecule has 150 valence electrons. The van der Waals surface area contributed by atoms with Crippen LogP contribution in [0.5, 0.6) is 0 Å². The fourth-order valence-electron chi connectivity index (χ4n) is 2.82. The predicted octanol–water partition coefficient (Wildman–Crippen LogP) is 4.06. The van der Waals surface area contributed by atoms with Gasteiger partial charge in [-0.1, -0.05) is 55.4 Å². The second-order valence-corrected chi connectivity index (χ2v) is 7.10. The van der Waals surface area contributed by atoms with Crippen LogP contribution in [0, 0.1) is 0 Å². The van der Waals surface area contributed by atoms with Gasteiger partial charge in [0.1, 0.15) is 0 Å². The number of aromatic nitrogens is 2. The molecule has 0 saturated carbocycles. The minimum Gasteiger partial charge on any atom is -0.481 e. The summed E-state index contributed by atoms with van der Waals surface area (Å²) in [5, 5.41) is 15.5. The fourth-order valence-corrected chi connectivity index (χ4v) is 2.82. The van der Waals surface area contributed by atoms with Crippen molar-refractivity contribution in [2.75, 3.05) is 5.32 Å². The molecule has 2 aromatic carbocycles. The Morgan fingerprint density at radius 3 is 2.38 bits per heavy atom. The van der Waals surface area contributed by atoms with E-state index < -0.39 is 5.97 Å². The highest BCUT2D eigenvalue weighted by Gasteiger charge is 2.11. The average Bonchev–Trinajstić information content (AvgIpc) is 3.17. The maximum Gasteiger partial charge on any atom is 0.307 e. The van der Waals surface area contributed by atoms with Crippen molar-refractivity contribution in [1.29, 1.82) is 0 Å². The number of rotatable bonds is 8. The number of aliphatic carboxylic acids is 1. The molecule has 7 nitrogen and oxygen atoms in total. The first kappa shape index (κ1) is 20.3. The molecule has 1 aromatic heterocycles. The third kappa shape index (κ3) is 5.75. The molecule has 29 heavy (non-hydrogen) atoms. The molecular formula is C22H23N3O4. The average molecular weight is 393 g/mol. The Hall–Kier alpha value is -3.48. The Bertz CT molecular complexity index is 976. The topological polar surface area (TPSA) is 105 Å². The van der Waals surface area contributed by atoms with Gasteiger partial charge in [0.05, 0.1) is 6.42 Å². The van der Waals surface area contributed by atoms with Gasteiger partial charge in [-0.3, -0.25) is 9.59 Å². The van der Waals surface area contributed by atoms with Gasteiger partial charge in [0.2, 0.25) is 17.6 Å². The SMILES string of the molecule is CC(C)c1ccc(-c2noc(CCC(=O)Nc3ccc(CC(=O)O)cc3)n2)cc1. The van der Waals surface area contributed by atoms with Crippen molar-refractivity contribution in [3.05, 3.63) is 65.5 Å². The molecule has 1 amide bonds. The lowest BCUT2D eigenvalue weighted by molar-refractivity contribution is -0.136. The van der Waals surface area contributed by atoms with E-state index in [0.29, 0.717) is 35.3 Å². The van der Waals surface area contributed by atoms with Crippen LogP contribution < -0.4 is 5.32 Å². The first-order chi connectivity index (χ1) is 13.9. The third-order valence-electron chi connectivity index (χ3n) is 4.46. The fraction of sp³-hybridized carbons (Fsp3) is 0.273. The quantitative estimate of drug-likeness (QED) is 0.598. The van der Waals surface area contributed by atoms with E-state index in [1.807, 2.05) is 24.3 Å². The van der Waals surface area contributed by atoms with Crippen molar-refractivity contribution in [2.24, 2.45) is 0 Å². The van der Waals surface area contributed by atoms with Gasteiger partial charge in [0.15, 0.2) is 0 Å². The van der Waals surface area contributed by atoms with Crippen LogP contribution in [0.2, 0.25) is 0 Å². The van der Waals surface area contributed by atoms with Crippen molar-refractivity contribution in [3.8, 4) is 11.4 Å². The number of amides is 1. The number of carbonyl (C=O) groups is 2. The zero-order valence-electron chi connectivity index (χ0n) is 16.4. The van der Waals surface area contributed by atoms with Crippen LogP contribution in [0.1, 0.15) is 43.2 Å². The number of hydrogen-bond acceptors (Lipinski definition) is 5. The highest BCUT2D eigenvalue weighted by atomic mass is 16.5. The zero-order chi connectivity index (χ0) is 20.8. The Kier molecular flexibility index (Phi) is 6.39. The van der Waals surface area contributed by atoms with E-state index in [1.165, 1.54) is 5.56 Å². The molecule has 0 unspecified atom stereocenters. The number of hydrogen-bond donors (Lipinski definition) is 2. The van der Waals surface area contributed by atoms with Gasteiger partial charge in [-0.05, 0) is 29.2 Å². The largest absolute Gasteiger partial charge is 0.481 e. The van der Waals surface area contributed by atoms with Crippen molar-refractivity contribution in [1.82, 2.24) is 10.1 Å². The van der Waals surface area contributed by atoms with Crippen LogP contribution in [0.4, 0.5) is 5.69 Å². The van der Waals surface area contributed by atoms with Crippen LogP contribution in [0.25, 0.3) is 11.4 Å². The molecule has 0 saturated heterocycles. The van der Waals surface area contributed by atoms with E-state index in [-0.39, 0.29) is 18.7 Å². The maximum absolute atomic E-state index is 12.1. The highest BCUT2D eigenvalue weighted by Crippen LogP contribution is 2.21. The summed E-state index contributed by atoms with van der Waals surface area (Å²) in [6.07, 6.45) is 0.485. The molecule has 0 fully saturated rings. The molecule has 0 aliphatic carbocycles. The van der Waals surface area contributed by atoms with E-state index in [1.54, 1.807) is 24.3 Å². The number of carboxylic acids is 1. The monoisotopic (exact) mass is 393 g/mol. The summed E-state index contributed by atoms with van der Waals surface area (Å²) >= 11 is 0. The maximum atomic E-state index is 12.1. The van der Waals surface area contributed by atoms with Crippen molar-refractivity contribution >= 4 is 17.6 Å². The first-order valence-corrected chi connectivity index (χ1v) is 9.44. The van der Waals surface area contributed by atoms with E-state index in [9.17, 15) is 9.59 Å². The smallest absolute Gasteiger partial charge is 0.307 e. The molecule has 3 aromatic rings. The predicted molar refractivity (Wildman–Crippen MR) is 109 cm³/mol. The molecule has 3 rings (SSSR count). The van der Waals surface area contributed by atoms with Gasteiger partial charge >= 0.3 is 5.97 Å². The van der Waals surface area contributed by atoms with Gasteiger partial charge in [0, 0.05) is 24.1 Å². The molecule has 2 N–H and O–H groups in total. The molecule has 0 spiro atoms. The molecule has 0 bridgehead atoms. The van der Waals surface area contributed by atoms with Gasteiger partial charge < -0.3 is 14.9 Å². The Balaban J connectivity index is 1.52. The summed E-state index contributed by atoms with van der Waals surface area (Å²) in [5.74, 6) is 0.287. The Morgan fingerprint density at radius 1 is 1.07 bits per heavy atom. The van der Waals surface area contributed by atoms with E-state index in [0.717, 1.165) is 5.56 Å². The van der Waals surface area contributed by atoms with E-state index in [4.69, 9.17) is 9.63 Å². The number of nitrogens with zero attached hydrogens (tertiary/aromatic N) is 2. The zero-order valence-corrected chi connectivity index (χ0v) is 16.4. The molecule has 0 radical (unpaired) electrons. The summed E-state index contributed by atoms with van der Waals surface area (Å²) in [7, 11) is 0. The normalized spacial score (nSPS) is 10.9. The highest BCUT2D eigenvalue weighted by molar-refractivity contribution is 5.90. The van der Waals surface area contributed by atoms with Gasteiger partial charge in [-0.2, -0.15) is 4.98 Å². The number of anilines is 1. The van der Waals surface area contributed by atoms with Crippen LogP contribution in [-0.4, -0.2) is 27.1 Å². The van der Waals surface area contributed by atoms with Crippen molar-refractivity contribution in [2.45, 2.75) is 39.0 Å². The van der Waals surface area contributed by atoms with Gasteiger partial charge in [0.25, 0.3) is 0 Å². The number of carboxylic acid groups (broad SMARTS) is 1. The minimum atomic E-state index is -0.892. The van der Waals surface area contributed by atoms with Gasteiger partial charge in [-0.15, -0.1) is 0 Å². The van der Waals surface area contributed by atoms with Crippen LogP contribution in [-0.2, 0) is 22.4 Å². The van der Waals surface area contributed by atoms with Crippen molar-refractivity contribution < 1.29 is 19.2 Å². The summed E-state index contributed by atoms with van der Waals surface area (Å²) in [6.45, 7) is 4.27. The molecule has 0 aliphatic rings. The minimum absolute atomic E-state index is 0.0477. The second kappa shape index (κ2) is 9.14. The van der Waals surface area contributed by atoms with Crippen LogP contribution >= 0.6 is 0 Å². The summed E-state index contributed by atoms with van der Waals surface area (Å²) < 4.78 is 5.25. The Labute approximate surface area is 168 Å². The molecular weight excluding hydrogens is 370 g/mol. The van der Waals surface area contributed by atoms with E-state index in [2.05, 4.69) is 29.3 Å². The standard InChI is InChI=1S/C22H23N3O4/c1-14(2)16-5-7-17(8-6-16)22-24-20(29-25-22)12-11-19(26)23-18-9-3-15(4-10-18)13-21(27)28/h3-10,14H,11-13H2,1-2H3,(H,23,26)(H,27,28).